The van der Waals surface area contributed by atoms with Gasteiger partial charge in [0.05, 0.1) is 0 Å². The lowest BCUT2D eigenvalue weighted by Gasteiger charge is -2.18. The molecule has 0 radical (unpaired) electrons. The van der Waals surface area contributed by atoms with Crippen LogP contribution in [0.3, 0.4) is 0 Å². The van der Waals surface area contributed by atoms with E-state index in [1.807, 2.05) is 12.1 Å². The smallest absolute Gasteiger partial charge is 0.0314 e. The molecule has 1 aromatic rings. The van der Waals surface area contributed by atoms with Crippen LogP contribution in [0.15, 0.2) is 24.3 Å². The maximum absolute atomic E-state index is 5.70. The third kappa shape index (κ3) is 6.92. The zero-order valence-corrected chi connectivity index (χ0v) is 13.4. The predicted octanol–water partition coefficient (Wildman–Crippen LogP) is 2.91. The zero-order chi connectivity index (χ0) is 14.8. The number of rotatable bonds is 10. The van der Waals surface area contributed by atoms with E-state index in [0.29, 0.717) is 6.04 Å². The number of nitrogen functional groups attached to an aromatic ring is 1. The summed E-state index contributed by atoms with van der Waals surface area (Å²) in [7, 11) is 0. The summed E-state index contributed by atoms with van der Waals surface area (Å²) in [6.07, 6.45) is 3.60. The van der Waals surface area contributed by atoms with Gasteiger partial charge in [-0.15, -0.1) is 0 Å². The van der Waals surface area contributed by atoms with E-state index in [0.717, 1.165) is 31.7 Å². The monoisotopic (exact) mass is 277 g/mol. The van der Waals surface area contributed by atoms with Crippen LogP contribution in [0.2, 0.25) is 0 Å². The quantitative estimate of drug-likeness (QED) is 0.510. The molecule has 0 fully saturated rings. The minimum Gasteiger partial charge on any atom is -0.399 e. The SMILES string of the molecule is CCN(CC)CCCCNC(C)Cc1ccc(N)cc1. The predicted molar refractivity (Wildman–Crippen MR) is 89.0 cm³/mol. The van der Waals surface area contributed by atoms with Gasteiger partial charge in [-0.1, -0.05) is 26.0 Å². The Hall–Kier alpha value is -1.06. The number of unbranched alkanes of at least 4 members (excludes halogenated alkanes) is 1. The van der Waals surface area contributed by atoms with Gasteiger partial charge < -0.3 is 16.0 Å². The van der Waals surface area contributed by atoms with Crippen molar-refractivity contribution in [1.82, 2.24) is 10.2 Å². The Morgan fingerprint density at radius 3 is 2.35 bits per heavy atom. The number of hydrogen-bond donors (Lipinski definition) is 2. The Labute approximate surface area is 124 Å². The highest BCUT2D eigenvalue weighted by molar-refractivity contribution is 5.39. The first-order valence-electron chi connectivity index (χ1n) is 7.95. The lowest BCUT2D eigenvalue weighted by atomic mass is 10.1. The van der Waals surface area contributed by atoms with Gasteiger partial charge in [-0.05, 0) is 70.1 Å². The van der Waals surface area contributed by atoms with Crippen molar-refractivity contribution in [2.75, 3.05) is 31.9 Å². The van der Waals surface area contributed by atoms with Gasteiger partial charge in [0.2, 0.25) is 0 Å². The van der Waals surface area contributed by atoms with Crippen LogP contribution >= 0.6 is 0 Å². The molecule has 0 aliphatic heterocycles. The molecule has 1 aromatic carbocycles. The Morgan fingerprint density at radius 2 is 1.75 bits per heavy atom. The lowest BCUT2D eigenvalue weighted by Crippen LogP contribution is -2.30. The number of nitrogens with zero attached hydrogens (tertiary/aromatic N) is 1. The lowest BCUT2D eigenvalue weighted by molar-refractivity contribution is 0.295. The van der Waals surface area contributed by atoms with E-state index < -0.39 is 0 Å². The first kappa shape index (κ1) is 17.0. The Kier molecular flexibility index (Phi) is 8.31. The van der Waals surface area contributed by atoms with Crippen molar-refractivity contribution in [3.05, 3.63) is 29.8 Å². The van der Waals surface area contributed by atoms with Crippen LogP contribution in [-0.4, -0.2) is 37.1 Å². The van der Waals surface area contributed by atoms with Crippen LogP contribution in [0.5, 0.6) is 0 Å². The molecule has 0 saturated carbocycles. The molecule has 20 heavy (non-hydrogen) atoms. The largest absolute Gasteiger partial charge is 0.399 e. The van der Waals surface area contributed by atoms with Gasteiger partial charge in [0.1, 0.15) is 0 Å². The molecule has 3 nitrogen and oxygen atoms in total. The highest BCUT2D eigenvalue weighted by Gasteiger charge is 2.03. The second-order valence-electron chi connectivity index (χ2n) is 5.53. The fraction of sp³-hybridized carbons (Fsp3) is 0.647. The van der Waals surface area contributed by atoms with E-state index in [1.54, 1.807) is 0 Å². The standard InChI is InChI=1S/C17H31N3/c1-4-20(5-2)13-7-6-12-19-15(3)14-16-8-10-17(18)11-9-16/h8-11,15,19H,4-7,12-14,18H2,1-3H3. The molecule has 0 aromatic heterocycles. The summed E-state index contributed by atoms with van der Waals surface area (Å²) in [5.41, 5.74) is 7.89. The molecular formula is C17H31N3. The molecule has 114 valence electrons. The molecule has 0 aliphatic carbocycles. The summed E-state index contributed by atoms with van der Waals surface area (Å²) in [6, 6.07) is 8.71. The van der Waals surface area contributed by atoms with Crippen molar-refractivity contribution < 1.29 is 0 Å². The fourth-order valence-electron chi connectivity index (χ4n) is 2.43. The Balaban J connectivity index is 2.11. The minimum absolute atomic E-state index is 0.520. The zero-order valence-electron chi connectivity index (χ0n) is 13.4. The second-order valence-corrected chi connectivity index (χ2v) is 5.53. The molecule has 1 atom stereocenters. The van der Waals surface area contributed by atoms with E-state index >= 15 is 0 Å². The molecule has 1 unspecified atom stereocenters. The summed E-state index contributed by atoms with van der Waals surface area (Å²) >= 11 is 0. The van der Waals surface area contributed by atoms with E-state index in [9.17, 15) is 0 Å². The summed E-state index contributed by atoms with van der Waals surface area (Å²) in [4.78, 5) is 2.48. The molecule has 1 rings (SSSR count). The Morgan fingerprint density at radius 1 is 1.10 bits per heavy atom. The molecule has 3 heteroatoms. The maximum Gasteiger partial charge on any atom is 0.0314 e. The van der Waals surface area contributed by atoms with Crippen molar-refractivity contribution in [3.8, 4) is 0 Å². The fourth-order valence-corrected chi connectivity index (χ4v) is 2.43. The molecule has 0 heterocycles. The van der Waals surface area contributed by atoms with Gasteiger partial charge in [0.15, 0.2) is 0 Å². The number of anilines is 1. The molecule has 0 saturated heterocycles. The van der Waals surface area contributed by atoms with E-state index in [1.165, 1.54) is 24.9 Å². The second kappa shape index (κ2) is 9.78. The van der Waals surface area contributed by atoms with Crippen LogP contribution in [0.25, 0.3) is 0 Å². The average molecular weight is 277 g/mol. The van der Waals surface area contributed by atoms with Crippen molar-refractivity contribution in [1.29, 1.82) is 0 Å². The minimum atomic E-state index is 0.520. The van der Waals surface area contributed by atoms with Gasteiger partial charge in [0.25, 0.3) is 0 Å². The van der Waals surface area contributed by atoms with Crippen LogP contribution in [0, 0.1) is 0 Å². The van der Waals surface area contributed by atoms with E-state index in [4.69, 9.17) is 5.73 Å². The molecular weight excluding hydrogens is 246 g/mol. The van der Waals surface area contributed by atoms with E-state index in [2.05, 4.69) is 43.1 Å². The van der Waals surface area contributed by atoms with Crippen molar-refractivity contribution in [2.45, 2.75) is 46.1 Å². The van der Waals surface area contributed by atoms with Gasteiger partial charge in [-0.3, -0.25) is 0 Å². The topological polar surface area (TPSA) is 41.3 Å². The van der Waals surface area contributed by atoms with Crippen molar-refractivity contribution in [3.63, 3.8) is 0 Å². The molecule has 0 aliphatic rings. The third-order valence-corrected chi connectivity index (χ3v) is 3.81. The van der Waals surface area contributed by atoms with Crippen molar-refractivity contribution in [2.24, 2.45) is 0 Å². The summed E-state index contributed by atoms with van der Waals surface area (Å²) in [5, 5.41) is 3.61. The molecule has 0 bridgehead atoms. The van der Waals surface area contributed by atoms with Crippen molar-refractivity contribution >= 4 is 5.69 Å². The third-order valence-electron chi connectivity index (χ3n) is 3.81. The number of hydrogen-bond acceptors (Lipinski definition) is 3. The van der Waals surface area contributed by atoms with Crippen LogP contribution < -0.4 is 11.1 Å². The average Bonchev–Trinajstić information content (AvgIpc) is 2.45. The van der Waals surface area contributed by atoms with E-state index in [-0.39, 0.29) is 0 Å². The number of nitrogens with two attached hydrogens (primary N) is 1. The van der Waals surface area contributed by atoms with Crippen LogP contribution in [-0.2, 0) is 6.42 Å². The number of benzene rings is 1. The molecule has 3 N–H and O–H groups in total. The first-order chi connectivity index (χ1) is 9.65. The molecule has 0 amide bonds. The van der Waals surface area contributed by atoms with Gasteiger partial charge in [-0.25, -0.2) is 0 Å². The highest BCUT2D eigenvalue weighted by Crippen LogP contribution is 2.07. The van der Waals surface area contributed by atoms with Crippen LogP contribution in [0.4, 0.5) is 5.69 Å². The summed E-state index contributed by atoms with van der Waals surface area (Å²) < 4.78 is 0. The maximum atomic E-state index is 5.70. The van der Waals surface area contributed by atoms with Gasteiger partial charge in [-0.2, -0.15) is 0 Å². The first-order valence-corrected chi connectivity index (χ1v) is 7.95. The normalized spacial score (nSPS) is 12.8. The summed E-state index contributed by atoms with van der Waals surface area (Å²) in [6.45, 7) is 11.4. The Bertz CT molecular complexity index is 344. The number of nitrogens with one attached hydrogen (secondary N) is 1. The van der Waals surface area contributed by atoms with Gasteiger partial charge in [0, 0.05) is 11.7 Å². The summed E-state index contributed by atoms with van der Waals surface area (Å²) in [5.74, 6) is 0. The highest BCUT2D eigenvalue weighted by atomic mass is 15.1. The molecule has 0 spiro atoms. The van der Waals surface area contributed by atoms with Gasteiger partial charge >= 0.3 is 0 Å². The van der Waals surface area contributed by atoms with Crippen LogP contribution in [0.1, 0.15) is 39.2 Å².